The van der Waals surface area contributed by atoms with Crippen LogP contribution in [0.15, 0.2) is 33.2 Å². The molecule has 20 heavy (non-hydrogen) atoms. The van der Waals surface area contributed by atoms with Gasteiger partial charge in [0.25, 0.3) is 0 Å². The highest BCUT2D eigenvalue weighted by Crippen LogP contribution is 2.23. The smallest absolute Gasteiger partial charge is 0.227 e. The summed E-state index contributed by atoms with van der Waals surface area (Å²) in [4.78, 5) is 22.8. The Balaban J connectivity index is 1.97. The van der Waals surface area contributed by atoms with Crippen LogP contribution in [0.2, 0.25) is 0 Å². The number of rotatable bonds is 6. The third-order valence-corrected chi connectivity index (χ3v) is 3.56. The standard InChI is InChI=1S/C16H20O4/c1-12-16(15(18)9-10-19-12)20-14(11-17)8-7-13-5-3-2-4-6-13/h5,9-11,14H,2-4,6-8H2,1H3. The van der Waals surface area contributed by atoms with Crippen molar-refractivity contribution in [3.05, 3.63) is 40.0 Å². The van der Waals surface area contributed by atoms with Gasteiger partial charge in [0, 0.05) is 6.07 Å². The van der Waals surface area contributed by atoms with E-state index in [1.165, 1.54) is 30.7 Å². The second kappa shape index (κ2) is 7.08. The van der Waals surface area contributed by atoms with E-state index < -0.39 is 6.10 Å². The average molecular weight is 276 g/mol. The normalized spacial score (nSPS) is 16.4. The molecular formula is C16H20O4. The summed E-state index contributed by atoms with van der Waals surface area (Å²) < 4.78 is 10.6. The van der Waals surface area contributed by atoms with Crippen molar-refractivity contribution >= 4 is 6.29 Å². The van der Waals surface area contributed by atoms with Crippen molar-refractivity contribution < 1.29 is 13.9 Å². The van der Waals surface area contributed by atoms with Crippen molar-refractivity contribution in [1.82, 2.24) is 0 Å². The minimum absolute atomic E-state index is 0.141. The van der Waals surface area contributed by atoms with Crippen LogP contribution >= 0.6 is 0 Å². The third-order valence-electron chi connectivity index (χ3n) is 3.56. The lowest BCUT2D eigenvalue weighted by molar-refractivity contribution is -0.114. The van der Waals surface area contributed by atoms with Crippen LogP contribution < -0.4 is 10.2 Å². The highest BCUT2D eigenvalue weighted by Gasteiger charge is 2.15. The first-order valence-corrected chi connectivity index (χ1v) is 7.09. The zero-order valence-electron chi connectivity index (χ0n) is 11.8. The van der Waals surface area contributed by atoms with Gasteiger partial charge in [0.1, 0.15) is 5.76 Å². The molecule has 1 heterocycles. The maximum atomic E-state index is 11.7. The molecule has 0 amide bonds. The molecule has 4 heteroatoms. The second-order valence-electron chi connectivity index (χ2n) is 5.11. The Hall–Kier alpha value is -1.84. The Morgan fingerprint density at radius 3 is 2.95 bits per heavy atom. The van der Waals surface area contributed by atoms with Crippen LogP contribution in [0, 0.1) is 6.92 Å². The van der Waals surface area contributed by atoms with Gasteiger partial charge in [-0.3, -0.25) is 9.59 Å². The van der Waals surface area contributed by atoms with Crippen molar-refractivity contribution in [2.75, 3.05) is 0 Å². The summed E-state index contributed by atoms with van der Waals surface area (Å²) in [6.07, 6.45) is 9.91. The van der Waals surface area contributed by atoms with Gasteiger partial charge in [0.2, 0.25) is 11.2 Å². The summed E-state index contributed by atoms with van der Waals surface area (Å²) in [5.41, 5.74) is 1.14. The Morgan fingerprint density at radius 2 is 2.30 bits per heavy atom. The molecule has 0 aromatic carbocycles. The van der Waals surface area contributed by atoms with Crippen LogP contribution in [0.25, 0.3) is 0 Å². The SMILES string of the molecule is Cc1occc(=O)c1OC(C=O)CCC1=CCCCC1. The number of hydrogen-bond acceptors (Lipinski definition) is 4. The van der Waals surface area contributed by atoms with Gasteiger partial charge in [-0.1, -0.05) is 11.6 Å². The van der Waals surface area contributed by atoms with Crippen molar-refractivity contribution in [1.29, 1.82) is 0 Å². The molecular weight excluding hydrogens is 256 g/mol. The van der Waals surface area contributed by atoms with Crippen molar-refractivity contribution in [2.45, 2.75) is 51.6 Å². The maximum absolute atomic E-state index is 11.7. The summed E-state index contributed by atoms with van der Waals surface area (Å²) in [7, 11) is 0. The zero-order chi connectivity index (χ0) is 14.4. The van der Waals surface area contributed by atoms with E-state index in [0.29, 0.717) is 12.2 Å². The number of carbonyl (C=O) groups is 1. The summed E-state index contributed by atoms with van der Waals surface area (Å²) >= 11 is 0. The van der Waals surface area contributed by atoms with Gasteiger partial charge in [-0.2, -0.15) is 0 Å². The lowest BCUT2D eigenvalue weighted by atomic mass is 9.95. The average Bonchev–Trinajstić information content (AvgIpc) is 2.47. The molecule has 1 aromatic rings. The van der Waals surface area contributed by atoms with Gasteiger partial charge in [0.05, 0.1) is 6.26 Å². The topological polar surface area (TPSA) is 56.5 Å². The van der Waals surface area contributed by atoms with Gasteiger partial charge in [-0.05, 0) is 45.4 Å². The van der Waals surface area contributed by atoms with E-state index in [2.05, 4.69) is 6.08 Å². The second-order valence-corrected chi connectivity index (χ2v) is 5.11. The van der Waals surface area contributed by atoms with Crippen molar-refractivity contribution in [2.24, 2.45) is 0 Å². The molecule has 0 spiro atoms. The number of aldehydes is 1. The molecule has 0 aliphatic heterocycles. The monoisotopic (exact) mass is 276 g/mol. The molecule has 1 unspecified atom stereocenters. The van der Waals surface area contributed by atoms with Gasteiger partial charge in [0.15, 0.2) is 12.4 Å². The van der Waals surface area contributed by atoms with Crippen LogP contribution in [0.3, 0.4) is 0 Å². The minimum atomic E-state index is -0.596. The minimum Gasteiger partial charge on any atom is -0.476 e. The van der Waals surface area contributed by atoms with E-state index in [-0.39, 0.29) is 11.2 Å². The predicted molar refractivity (Wildman–Crippen MR) is 76.0 cm³/mol. The fourth-order valence-corrected chi connectivity index (χ4v) is 2.41. The highest BCUT2D eigenvalue weighted by atomic mass is 16.5. The molecule has 0 fully saturated rings. The van der Waals surface area contributed by atoms with Gasteiger partial charge in [-0.25, -0.2) is 0 Å². The first kappa shape index (κ1) is 14.6. The maximum Gasteiger partial charge on any atom is 0.227 e. The molecule has 1 aliphatic rings. The first-order valence-electron chi connectivity index (χ1n) is 7.09. The Bertz CT molecular complexity index is 542. The number of hydrogen-bond donors (Lipinski definition) is 0. The van der Waals surface area contributed by atoms with Gasteiger partial charge >= 0.3 is 0 Å². The van der Waals surface area contributed by atoms with Crippen LogP contribution in [-0.4, -0.2) is 12.4 Å². The number of carbonyl (C=O) groups excluding carboxylic acids is 1. The summed E-state index contributed by atoms with van der Waals surface area (Å²) in [5.74, 6) is 0.545. The molecule has 2 rings (SSSR count). The Kier molecular flexibility index (Phi) is 5.16. The largest absolute Gasteiger partial charge is 0.476 e. The molecule has 1 atom stereocenters. The lowest BCUT2D eigenvalue weighted by Gasteiger charge is -2.16. The zero-order valence-corrected chi connectivity index (χ0v) is 11.8. The fourth-order valence-electron chi connectivity index (χ4n) is 2.41. The summed E-state index contributed by atoms with van der Waals surface area (Å²) in [5, 5.41) is 0. The van der Waals surface area contributed by atoms with Crippen LogP contribution in [-0.2, 0) is 4.79 Å². The Morgan fingerprint density at radius 1 is 1.45 bits per heavy atom. The number of allylic oxidation sites excluding steroid dienone is 2. The number of ether oxygens (including phenoxy) is 1. The fraction of sp³-hybridized carbons (Fsp3) is 0.500. The molecule has 1 aliphatic carbocycles. The summed E-state index contributed by atoms with van der Waals surface area (Å²) in [6, 6.07) is 1.30. The van der Waals surface area contributed by atoms with Gasteiger partial charge < -0.3 is 9.15 Å². The van der Waals surface area contributed by atoms with Crippen LogP contribution in [0.1, 0.15) is 44.3 Å². The highest BCUT2D eigenvalue weighted by molar-refractivity contribution is 5.57. The number of aryl methyl sites for hydroxylation is 1. The molecule has 0 N–H and O–H groups in total. The molecule has 4 nitrogen and oxygen atoms in total. The molecule has 0 radical (unpaired) electrons. The van der Waals surface area contributed by atoms with Crippen LogP contribution in [0.4, 0.5) is 0 Å². The lowest BCUT2D eigenvalue weighted by Crippen LogP contribution is -2.22. The molecule has 108 valence electrons. The van der Waals surface area contributed by atoms with E-state index >= 15 is 0 Å². The Labute approximate surface area is 118 Å². The third kappa shape index (κ3) is 3.83. The van der Waals surface area contributed by atoms with E-state index in [4.69, 9.17) is 9.15 Å². The first-order chi connectivity index (χ1) is 9.70. The van der Waals surface area contributed by atoms with Crippen molar-refractivity contribution in [3.8, 4) is 5.75 Å². The van der Waals surface area contributed by atoms with E-state index in [9.17, 15) is 9.59 Å². The van der Waals surface area contributed by atoms with E-state index in [1.54, 1.807) is 6.92 Å². The summed E-state index contributed by atoms with van der Waals surface area (Å²) in [6.45, 7) is 1.66. The van der Waals surface area contributed by atoms with Crippen molar-refractivity contribution in [3.63, 3.8) is 0 Å². The van der Waals surface area contributed by atoms with E-state index in [0.717, 1.165) is 25.5 Å². The van der Waals surface area contributed by atoms with E-state index in [1.807, 2.05) is 0 Å². The van der Waals surface area contributed by atoms with Gasteiger partial charge in [-0.15, -0.1) is 0 Å². The predicted octanol–water partition coefficient (Wildman–Crippen LogP) is 3.18. The van der Waals surface area contributed by atoms with Crippen LogP contribution in [0.5, 0.6) is 5.75 Å². The molecule has 0 saturated carbocycles. The quantitative estimate of drug-likeness (QED) is 0.591. The molecule has 0 bridgehead atoms. The molecule has 0 saturated heterocycles. The molecule has 1 aromatic heterocycles.